The summed E-state index contributed by atoms with van der Waals surface area (Å²) in [5.74, 6) is 0.148. The van der Waals surface area contributed by atoms with Crippen LogP contribution >= 0.6 is 11.3 Å². The van der Waals surface area contributed by atoms with Crippen molar-refractivity contribution in [2.24, 2.45) is 0 Å². The Bertz CT molecular complexity index is 1030. The van der Waals surface area contributed by atoms with Gasteiger partial charge in [0.05, 0.1) is 12.1 Å². The second-order valence-electron chi connectivity index (χ2n) is 8.07. The molecule has 6 nitrogen and oxygen atoms in total. The number of benzene rings is 2. The number of aromatic hydroxyl groups is 1. The number of aromatic nitrogens is 1. The van der Waals surface area contributed by atoms with E-state index in [2.05, 4.69) is 41.1 Å². The van der Waals surface area contributed by atoms with Crippen LogP contribution in [0, 0.1) is 0 Å². The summed E-state index contributed by atoms with van der Waals surface area (Å²) in [7, 11) is 3.91. The average Bonchev–Trinajstić information content (AvgIpc) is 3.24. The van der Waals surface area contributed by atoms with Gasteiger partial charge in [0.25, 0.3) is 0 Å². The SMILES string of the molecule is CN1CCN(Cc2cccc(-c3nc(CC(=O)N(C)c4ccc(O)cc4)cs3)c2)CC1. The molecule has 1 aliphatic rings. The maximum absolute atomic E-state index is 12.7. The fraction of sp³-hybridized carbons (Fsp3) is 0.333. The molecule has 1 aromatic heterocycles. The number of amides is 1. The molecular formula is C24H28N4O2S. The van der Waals surface area contributed by atoms with E-state index in [1.807, 2.05) is 5.38 Å². The number of hydrogen-bond donors (Lipinski definition) is 1. The van der Waals surface area contributed by atoms with Crippen LogP contribution in [0.5, 0.6) is 5.75 Å². The molecule has 7 heteroatoms. The summed E-state index contributed by atoms with van der Waals surface area (Å²) in [6.07, 6.45) is 0.245. The normalized spacial score (nSPS) is 15.2. The molecule has 2 heterocycles. The Morgan fingerprint density at radius 3 is 2.61 bits per heavy atom. The third-order valence-electron chi connectivity index (χ3n) is 5.67. The minimum atomic E-state index is -0.0358. The van der Waals surface area contributed by atoms with Crippen molar-refractivity contribution in [1.82, 2.24) is 14.8 Å². The van der Waals surface area contributed by atoms with Crippen LogP contribution in [0.3, 0.4) is 0 Å². The molecular weight excluding hydrogens is 408 g/mol. The Labute approximate surface area is 187 Å². The van der Waals surface area contributed by atoms with E-state index < -0.39 is 0 Å². The van der Waals surface area contributed by atoms with E-state index in [4.69, 9.17) is 4.98 Å². The first-order chi connectivity index (χ1) is 15.0. The highest BCUT2D eigenvalue weighted by molar-refractivity contribution is 7.13. The van der Waals surface area contributed by atoms with Gasteiger partial charge in [-0.3, -0.25) is 9.69 Å². The summed E-state index contributed by atoms with van der Waals surface area (Å²) in [4.78, 5) is 23.8. The van der Waals surface area contributed by atoms with Crippen LogP contribution in [-0.2, 0) is 17.8 Å². The van der Waals surface area contributed by atoms with Crippen LogP contribution in [0.4, 0.5) is 5.69 Å². The Morgan fingerprint density at radius 1 is 1.13 bits per heavy atom. The van der Waals surface area contributed by atoms with Crippen molar-refractivity contribution in [3.63, 3.8) is 0 Å². The van der Waals surface area contributed by atoms with E-state index in [0.29, 0.717) is 0 Å². The first kappa shape index (κ1) is 21.5. The smallest absolute Gasteiger partial charge is 0.232 e. The number of thiazole rings is 1. The van der Waals surface area contributed by atoms with E-state index in [9.17, 15) is 9.90 Å². The third-order valence-corrected chi connectivity index (χ3v) is 6.61. The van der Waals surface area contributed by atoms with Crippen molar-refractivity contribution in [2.45, 2.75) is 13.0 Å². The van der Waals surface area contributed by atoms with E-state index in [-0.39, 0.29) is 18.1 Å². The summed E-state index contributed by atoms with van der Waals surface area (Å²) in [5, 5.41) is 12.3. The lowest BCUT2D eigenvalue weighted by atomic mass is 10.1. The van der Waals surface area contributed by atoms with Gasteiger partial charge in [-0.1, -0.05) is 18.2 Å². The molecule has 0 bridgehead atoms. The fourth-order valence-electron chi connectivity index (χ4n) is 3.68. The molecule has 31 heavy (non-hydrogen) atoms. The highest BCUT2D eigenvalue weighted by Crippen LogP contribution is 2.26. The standard InChI is InChI=1S/C24H28N4O2S/c1-26-10-12-28(13-11-26)16-18-4-3-5-19(14-18)24-25-20(17-31-24)15-23(30)27(2)21-6-8-22(29)9-7-21/h3-9,14,17,29H,10-13,15-16H2,1-2H3. The van der Waals surface area contributed by atoms with Crippen LogP contribution in [0.25, 0.3) is 10.6 Å². The Balaban J connectivity index is 1.40. The van der Waals surface area contributed by atoms with Gasteiger partial charge in [-0.15, -0.1) is 11.3 Å². The number of carbonyl (C=O) groups is 1. The molecule has 0 radical (unpaired) electrons. The predicted molar refractivity (Wildman–Crippen MR) is 126 cm³/mol. The van der Waals surface area contributed by atoms with E-state index in [1.54, 1.807) is 47.5 Å². The van der Waals surface area contributed by atoms with Crippen LogP contribution in [-0.4, -0.2) is 66.1 Å². The molecule has 4 rings (SSSR count). The van der Waals surface area contributed by atoms with Crippen molar-refractivity contribution in [1.29, 1.82) is 0 Å². The zero-order valence-corrected chi connectivity index (χ0v) is 18.8. The molecule has 1 amide bonds. The van der Waals surface area contributed by atoms with Gasteiger partial charge in [0.1, 0.15) is 10.8 Å². The first-order valence-electron chi connectivity index (χ1n) is 10.5. The molecule has 1 aliphatic heterocycles. The zero-order valence-electron chi connectivity index (χ0n) is 18.0. The molecule has 2 aromatic carbocycles. The summed E-state index contributed by atoms with van der Waals surface area (Å²) < 4.78 is 0. The zero-order chi connectivity index (χ0) is 21.8. The second kappa shape index (κ2) is 9.60. The largest absolute Gasteiger partial charge is 0.508 e. The molecule has 0 atom stereocenters. The van der Waals surface area contributed by atoms with Gasteiger partial charge in [0, 0.05) is 56.4 Å². The van der Waals surface area contributed by atoms with Crippen molar-refractivity contribution < 1.29 is 9.90 Å². The quantitative estimate of drug-likeness (QED) is 0.641. The summed E-state index contributed by atoms with van der Waals surface area (Å²) in [6, 6.07) is 15.2. The molecule has 1 fully saturated rings. The molecule has 0 unspecified atom stereocenters. The second-order valence-corrected chi connectivity index (χ2v) is 8.93. The molecule has 1 saturated heterocycles. The fourth-order valence-corrected chi connectivity index (χ4v) is 4.50. The first-order valence-corrected chi connectivity index (χ1v) is 11.4. The molecule has 0 spiro atoms. The molecule has 0 saturated carbocycles. The van der Waals surface area contributed by atoms with E-state index in [1.165, 1.54) is 5.56 Å². The summed E-state index contributed by atoms with van der Waals surface area (Å²) >= 11 is 1.57. The van der Waals surface area contributed by atoms with Gasteiger partial charge in [0.15, 0.2) is 0 Å². The number of piperazine rings is 1. The average molecular weight is 437 g/mol. The van der Waals surface area contributed by atoms with Gasteiger partial charge < -0.3 is 14.9 Å². The third kappa shape index (κ3) is 5.50. The number of rotatable bonds is 6. The van der Waals surface area contributed by atoms with Crippen LogP contribution < -0.4 is 4.90 Å². The number of phenolic OH excluding ortho intramolecular Hbond substituents is 1. The van der Waals surface area contributed by atoms with E-state index >= 15 is 0 Å². The Morgan fingerprint density at radius 2 is 1.87 bits per heavy atom. The van der Waals surface area contributed by atoms with Crippen LogP contribution in [0.1, 0.15) is 11.3 Å². The molecule has 162 valence electrons. The summed E-state index contributed by atoms with van der Waals surface area (Å²) in [6.45, 7) is 5.37. The van der Waals surface area contributed by atoms with Crippen molar-refractivity contribution in [3.8, 4) is 16.3 Å². The molecule has 0 aliphatic carbocycles. The van der Waals surface area contributed by atoms with Crippen molar-refractivity contribution in [2.75, 3.05) is 45.2 Å². The van der Waals surface area contributed by atoms with Crippen molar-refractivity contribution in [3.05, 3.63) is 65.2 Å². The maximum Gasteiger partial charge on any atom is 0.232 e. The lowest BCUT2D eigenvalue weighted by Crippen LogP contribution is -2.43. The minimum absolute atomic E-state index is 0.0358. The number of anilines is 1. The van der Waals surface area contributed by atoms with Gasteiger partial charge >= 0.3 is 0 Å². The number of carbonyl (C=O) groups excluding carboxylic acids is 1. The number of hydrogen-bond acceptors (Lipinski definition) is 6. The minimum Gasteiger partial charge on any atom is -0.508 e. The number of nitrogens with zero attached hydrogens (tertiary/aromatic N) is 4. The van der Waals surface area contributed by atoms with Gasteiger partial charge in [-0.25, -0.2) is 4.98 Å². The lowest BCUT2D eigenvalue weighted by molar-refractivity contribution is -0.117. The van der Waals surface area contributed by atoms with Gasteiger partial charge in [0.2, 0.25) is 5.91 Å². The van der Waals surface area contributed by atoms with Gasteiger partial charge in [-0.2, -0.15) is 0 Å². The number of likely N-dealkylation sites (N-methyl/N-ethyl adjacent to an activating group) is 2. The Kier molecular flexibility index (Phi) is 6.65. The highest BCUT2D eigenvalue weighted by atomic mass is 32.1. The summed E-state index contributed by atoms with van der Waals surface area (Å²) in [5.41, 5.74) is 3.92. The predicted octanol–water partition coefficient (Wildman–Crippen LogP) is 3.47. The lowest BCUT2D eigenvalue weighted by Gasteiger charge is -2.32. The number of phenols is 1. The monoisotopic (exact) mass is 436 g/mol. The van der Waals surface area contributed by atoms with Crippen molar-refractivity contribution >= 4 is 22.9 Å². The Hall–Kier alpha value is -2.74. The highest BCUT2D eigenvalue weighted by Gasteiger charge is 2.16. The molecule has 1 N–H and O–H groups in total. The van der Waals surface area contributed by atoms with Crippen LogP contribution in [0.15, 0.2) is 53.9 Å². The van der Waals surface area contributed by atoms with Gasteiger partial charge in [-0.05, 0) is 42.9 Å². The maximum atomic E-state index is 12.7. The van der Waals surface area contributed by atoms with E-state index in [0.717, 1.165) is 54.7 Å². The topological polar surface area (TPSA) is 59.9 Å². The molecule has 3 aromatic rings. The van der Waals surface area contributed by atoms with Crippen LogP contribution in [0.2, 0.25) is 0 Å².